The zero-order valence-corrected chi connectivity index (χ0v) is 13.2. The van der Waals surface area contributed by atoms with Crippen LogP contribution < -0.4 is 10.1 Å². The molecule has 0 aliphatic heterocycles. The van der Waals surface area contributed by atoms with Gasteiger partial charge in [-0.15, -0.1) is 0 Å². The number of carbonyl (C=O) groups is 2. The Morgan fingerprint density at radius 2 is 1.91 bits per heavy atom. The van der Waals surface area contributed by atoms with E-state index in [4.69, 9.17) is 9.47 Å². The summed E-state index contributed by atoms with van der Waals surface area (Å²) in [5, 5.41) is 2.68. The predicted octanol–water partition coefficient (Wildman–Crippen LogP) is 2.42. The Morgan fingerprint density at radius 1 is 1.23 bits per heavy atom. The number of rotatable bonds is 7. The molecule has 2 amide bonds. The average Bonchev–Trinajstić information content (AvgIpc) is 2.53. The summed E-state index contributed by atoms with van der Waals surface area (Å²) in [6, 6.07) is 6.86. The van der Waals surface area contributed by atoms with Crippen LogP contribution in [0.25, 0.3) is 0 Å². The third kappa shape index (κ3) is 6.30. The van der Waals surface area contributed by atoms with Crippen LogP contribution in [-0.4, -0.2) is 44.7 Å². The maximum absolute atomic E-state index is 11.8. The van der Waals surface area contributed by atoms with Crippen molar-refractivity contribution >= 4 is 12.0 Å². The normalized spacial score (nSPS) is 10.3. The van der Waals surface area contributed by atoms with Gasteiger partial charge in [-0.05, 0) is 37.1 Å². The SMILES string of the molecule is COc1ccc(C(=O)N/C=C\CCCOC(=O)N(C)C)cc1. The fourth-order valence-electron chi connectivity index (χ4n) is 1.53. The molecule has 0 spiro atoms. The second kappa shape index (κ2) is 9.44. The van der Waals surface area contributed by atoms with Crippen LogP contribution in [0.1, 0.15) is 23.2 Å². The van der Waals surface area contributed by atoms with Crippen molar-refractivity contribution in [1.82, 2.24) is 10.2 Å². The van der Waals surface area contributed by atoms with E-state index in [0.29, 0.717) is 30.8 Å². The largest absolute Gasteiger partial charge is 0.497 e. The predicted molar refractivity (Wildman–Crippen MR) is 83.9 cm³/mol. The van der Waals surface area contributed by atoms with Crippen molar-refractivity contribution < 1.29 is 19.1 Å². The number of benzene rings is 1. The van der Waals surface area contributed by atoms with Gasteiger partial charge in [0.1, 0.15) is 5.75 Å². The number of nitrogens with zero attached hydrogens (tertiary/aromatic N) is 1. The maximum atomic E-state index is 11.8. The molecule has 0 aromatic heterocycles. The minimum atomic E-state index is -0.350. The van der Waals surface area contributed by atoms with E-state index in [-0.39, 0.29) is 12.0 Å². The van der Waals surface area contributed by atoms with Gasteiger partial charge < -0.3 is 19.7 Å². The van der Waals surface area contributed by atoms with Crippen molar-refractivity contribution in [2.45, 2.75) is 12.8 Å². The Kier molecular flexibility index (Phi) is 7.53. The summed E-state index contributed by atoms with van der Waals surface area (Å²) in [5.74, 6) is 0.525. The van der Waals surface area contributed by atoms with E-state index in [0.717, 1.165) is 0 Å². The van der Waals surface area contributed by atoms with Gasteiger partial charge in [0.05, 0.1) is 13.7 Å². The van der Waals surface area contributed by atoms with Gasteiger partial charge in [0.15, 0.2) is 0 Å². The van der Waals surface area contributed by atoms with Gasteiger partial charge in [0.2, 0.25) is 0 Å². The molecule has 1 rings (SSSR count). The average molecular weight is 306 g/mol. The van der Waals surface area contributed by atoms with Crippen LogP contribution in [0.4, 0.5) is 4.79 Å². The summed E-state index contributed by atoms with van der Waals surface area (Å²) in [6.45, 7) is 0.355. The molecule has 22 heavy (non-hydrogen) atoms. The number of amides is 2. The van der Waals surface area contributed by atoms with Crippen molar-refractivity contribution in [3.8, 4) is 5.75 Å². The first-order valence-corrected chi connectivity index (χ1v) is 6.98. The van der Waals surface area contributed by atoms with Crippen molar-refractivity contribution in [3.63, 3.8) is 0 Å². The van der Waals surface area contributed by atoms with Gasteiger partial charge in [-0.2, -0.15) is 0 Å². The molecular weight excluding hydrogens is 284 g/mol. The third-order valence-corrected chi connectivity index (χ3v) is 2.79. The fraction of sp³-hybridized carbons (Fsp3) is 0.375. The molecule has 0 saturated heterocycles. The van der Waals surface area contributed by atoms with Gasteiger partial charge in [-0.3, -0.25) is 4.79 Å². The number of unbranched alkanes of at least 4 members (excludes halogenated alkanes) is 1. The Balaban J connectivity index is 2.22. The summed E-state index contributed by atoms with van der Waals surface area (Å²) in [4.78, 5) is 24.3. The van der Waals surface area contributed by atoms with Crippen molar-refractivity contribution in [3.05, 3.63) is 42.1 Å². The molecule has 0 unspecified atom stereocenters. The van der Waals surface area contributed by atoms with E-state index in [1.165, 1.54) is 4.90 Å². The molecule has 0 radical (unpaired) electrons. The first kappa shape index (κ1) is 17.6. The molecule has 1 aromatic carbocycles. The maximum Gasteiger partial charge on any atom is 0.409 e. The Hall–Kier alpha value is -2.50. The highest BCUT2D eigenvalue weighted by atomic mass is 16.6. The molecule has 1 N–H and O–H groups in total. The van der Waals surface area contributed by atoms with E-state index in [1.807, 2.05) is 6.08 Å². The third-order valence-electron chi connectivity index (χ3n) is 2.79. The number of allylic oxidation sites excluding steroid dienone is 1. The molecule has 0 aliphatic rings. The number of hydrogen-bond acceptors (Lipinski definition) is 4. The van der Waals surface area contributed by atoms with Gasteiger partial charge in [-0.25, -0.2) is 4.79 Å². The molecule has 0 saturated carbocycles. The molecule has 120 valence electrons. The standard InChI is InChI=1S/C16H22N2O4/c1-18(2)16(20)22-12-6-4-5-11-17-15(19)13-7-9-14(21-3)10-8-13/h5,7-11H,4,6,12H2,1-3H3,(H,17,19)/b11-5-. The number of nitrogens with one attached hydrogen (secondary N) is 1. The van der Waals surface area contributed by atoms with Gasteiger partial charge in [0.25, 0.3) is 5.91 Å². The zero-order chi connectivity index (χ0) is 16.4. The molecule has 0 atom stereocenters. The summed E-state index contributed by atoms with van der Waals surface area (Å²) in [7, 11) is 4.85. The van der Waals surface area contributed by atoms with Gasteiger partial charge in [0, 0.05) is 25.9 Å². The summed E-state index contributed by atoms with van der Waals surface area (Å²) < 4.78 is 10.0. The second-order valence-corrected chi connectivity index (χ2v) is 4.76. The van der Waals surface area contributed by atoms with Crippen molar-refractivity contribution in [2.24, 2.45) is 0 Å². The van der Waals surface area contributed by atoms with Crippen LogP contribution in [0.15, 0.2) is 36.5 Å². The van der Waals surface area contributed by atoms with Crippen LogP contribution in [0, 0.1) is 0 Å². The molecule has 0 heterocycles. The second-order valence-electron chi connectivity index (χ2n) is 4.76. The molecule has 1 aromatic rings. The van der Waals surface area contributed by atoms with Crippen molar-refractivity contribution in [2.75, 3.05) is 27.8 Å². The van der Waals surface area contributed by atoms with E-state index >= 15 is 0 Å². The highest BCUT2D eigenvalue weighted by molar-refractivity contribution is 5.94. The number of hydrogen-bond donors (Lipinski definition) is 1. The monoisotopic (exact) mass is 306 g/mol. The summed E-state index contributed by atoms with van der Waals surface area (Å²) in [6.07, 6.45) is 4.49. The van der Waals surface area contributed by atoms with E-state index < -0.39 is 0 Å². The molecule has 6 heteroatoms. The van der Waals surface area contributed by atoms with Crippen LogP contribution in [-0.2, 0) is 4.74 Å². The summed E-state index contributed by atoms with van der Waals surface area (Å²) >= 11 is 0. The van der Waals surface area contributed by atoms with Crippen LogP contribution >= 0.6 is 0 Å². The van der Waals surface area contributed by atoms with E-state index in [9.17, 15) is 9.59 Å². The fourth-order valence-corrected chi connectivity index (χ4v) is 1.53. The van der Waals surface area contributed by atoms with Gasteiger partial charge >= 0.3 is 6.09 Å². The summed E-state index contributed by atoms with van der Waals surface area (Å²) in [5.41, 5.74) is 0.561. The number of methoxy groups -OCH3 is 1. The Bertz CT molecular complexity index is 509. The topological polar surface area (TPSA) is 67.9 Å². The smallest absolute Gasteiger partial charge is 0.409 e. The molecular formula is C16H22N2O4. The Morgan fingerprint density at radius 3 is 2.50 bits per heavy atom. The van der Waals surface area contributed by atoms with Crippen molar-refractivity contribution in [1.29, 1.82) is 0 Å². The first-order valence-electron chi connectivity index (χ1n) is 6.98. The lowest BCUT2D eigenvalue weighted by atomic mass is 10.2. The van der Waals surface area contributed by atoms with E-state index in [1.54, 1.807) is 51.7 Å². The lowest BCUT2D eigenvalue weighted by Gasteiger charge is -2.10. The molecule has 0 fully saturated rings. The lowest BCUT2D eigenvalue weighted by Crippen LogP contribution is -2.23. The number of ether oxygens (including phenoxy) is 2. The van der Waals surface area contributed by atoms with Crippen LogP contribution in [0.5, 0.6) is 5.75 Å². The molecule has 0 bridgehead atoms. The Labute approximate surface area is 130 Å². The van der Waals surface area contributed by atoms with E-state index in [2.05, 4.69) is 5.32 Å². The highest BCUT2D eigenvalue weighted by Crippen LogP contribution is 2.10. The minimum absolute atomic E-state index is 0.182. The molecule has 6 nitrogen and oxygen atoms in total. The number of carbonyl (C=O) groups excluding carboxylic acids is 2. The highest BCUT2D eigenvalue weighted by Gasteiger charge is 2.03. The zero-order valence-electron chi connectivity index (χ0n) is 13.2. The molecule has 0 aliphatic carbocycles. The lowest BCUT2D eigenvalue weighted by molar-refractivity contribution is 0.0970. The minimum Gasteiger partial charge on any atom is -0.497 e. The van der Waals surface area contributed by atoms with Gasteiger partial charge in [-0.1, -0.05) is 6.08 Å². The quantitative estimate of drug-likeness (QED) is 0.786. The van der Waals surface area contributed by atoms with Crippen LogP contribution in [0.2, 0.25) is 0 Å². The first-order chi connectivity index (χ1) is 10.5. The van der Waals surface area contributed by atoms with Crippen LogP contribution in [0.3, 0.4) is 0 Å².